The molecule has 0 spiro atoms. The molecule has 0 aromatic carbocycles. The first-order valence-corrected chi connectivity index (χ1v) is 13.6. The molecule has 170 valence electrons. The van der Waals surface area contributed by atoms with E-state index in [1.807, 2.05) is 0 Å². The van der Waals surface area contributed by atoms with Crippen LogP contribution in [0.15, 0.2) is 38.1 Å². The first-order chi connectivity index (χ1) is 15.3. The summed E-state index contributed by atoms with van der Waals surface area (Å²) >= 11 is 4.05. The number of hydrogen-bond donors (Lipinski definition) is 2. The molecule has 0 saturated carbocycles. The minimum atomic E-state index is -1.48. The van der Waals surface area contributed by atoms with E-state index in [1.54, 1.807) is 36.2 Å². The van der Waals surface area contributed by atoms with E-state index in [2.05, 4.69) is 15.4 Å². The number of nitrogens with zero attached hydrogens (tertiary/aromatic N) is 4. The number of carbonyl (C=O) groups is 3. The fourth-order valence-electron chi connectivity index (χ4n) is 3.36. The number of rotatable bonds is 8. The molecule has 2 N–H and O–H groups in total. The van der Waals surface area contributed by atoms with E-state index in [0.29, 0.717) is 32.3 Å². The Labute approximate surface area is 198 Å². The van der Waals surface area contributed by atoms with Crippen molar-refractivity contribution in [2.75, 3.05) is 17.3 Å². The lowest BCUT2D eigenvalue weighted by Crippen LogP contribution is -2.70. The van der Waals surface area contributed by atoms with E-state index in [-0.39, 0.29) is 11.4 Å². The van der Waals surface area contributed by atoms with Crippen LogP contribution in [0.4, 0.5) is 0 Å². The topological polar surface area (TPSA) is 134 Å². The van der Waals surface area contributed by atoms with Gasteiger partial charge in [0.1, 0.15) is 28.7 Å². The molecule has 3 atom stereocenters. The van der Waals surface area contributed by atoms with Gasteiger partial charge in [0, 0.05) is 18.6 Å². The smallest absolute Gasteiger partial charge is 0.352 e. The van der Waals surface area contributed by atoms with Gasteiger partial charge in [0.15, 0.2) is 5.16 Å². The van der Waals surface area contributed by atoms with Crippen molar-refractivity contribution in [1.29, 1.82) is 0 Å². The van der Waals surface area contributed by atoms with E-state index in [0.717, 1.165) is 0 Å². The van der Waals surface area contributed by atoms with E-state index in [1.165, 1.54) is 39.8 Å². The van der Waals surface area contributed by atoms with Crippen molar-refractivity contribution >= 4 is 63.4 Å². The maximum absolute atomic E-state index is 12.7. The van der Waals surface area contributed by atoms with Crippen LogP contribution in [0.3, 0.4) is 0 Å². The fraction of sp³-hybridized carbons (Fsp3) is 0.389. The number of carboxylic acid groups (broad SMARTS) is 1. The highest BCUT2D eigenvalue weighted by molar-refractivity contribution is 8.01. The molecule has 0 aliphatic carbocycles. The van der Waals surface area contributed by atoms with Crippen LogP contribution in [0.5, 0.6) is 0 Å². The lowest BCUT2D eigenvalue weighted by molar-refractivity contribution is -0.150. The average Bonchev–Trinajstić information content (AvgIpc) is 3.39. The molecule has 1 fully saturated rings. The summed E-state index contributed by atoms with van der Waals surface area (Å²) in [6.45, 7) is 1.77. The number of β-lactam (4-membered cyclic amide) rings is 1. The second kappa shape index (κ2) is 9.37. The summed E-state index contributed by atoms with van der Waals surface area (Å²) in [5.74, 6) is -1.03. The molecule has 0 bridgehead atoms. The van der Waals surface area contributed by atoms with Crippen molar-refractivity contribution < 1.29 is 23.7 Å². The SMILES string of the molecule is Cc1nc(SCC2=C(C(=O)O)N3C(=O)C(NC(=O)CS(=O)c4cccs4)C3SC2)n(C)n1. The number of aliphatic carboxylic acids is 1. The third kappa shape index (κ3) is 4.49. The standard InChI is InChI=1S/C18H19N5O5S4/c1-9-19-18(22(2)21-9)31-7-10-6-30-16-13(15(25)23(16)14(10)17(26)27)20-11(24)8-32(28)12-4-3-5-29-12/h3-5,13,16H,6-8H2,1-2H3,(H,20,24)(H,26,27). The first kappa shape index (κ1) is 23.0. The summed E-state index contributed by atoms with van der Waals surface area (Å²) in [7, 11) is 0.279. The molecule has 2 aromatic heterocycles. The summed E-state index contributed by atoms with van der Waals surface area (Å²) in [4.78, 5) is 42.5. The Morgan fingerprint density at radius 2 is 2.22 bits per heavy atom. The first-order valence-electron chi connectivity index (χ1n) is 9.38. The van der Waals surface area contributed by atoms with Gasteiger partial charge in [0.05, 0.1) is 15.0 Å². The van der Waals surface area contributed by atoms with Crippen molar-refractivity contribution in [3.8, 4) is 0 Å². The number of fused-ring (bicyclic) bond motifs is 1. The predicted octanol–water partition coefficient (Wildman–Crippen LogP) is 0.824. The maximum atomic E-state index is 12.7. The number of hydrogen-bond acceptors (Lipinski definition) is 9. The highest BCUT2D eigenvalue weighted by Gasteiger charge is 2.54. The molecule has 2 aliphatic rings. The number of aromatic nitrogens is 3. The number of carbonyl (C=O) groups excluding carboxylic acids is 2. The third-order valence-corrected chi connectivity index (χ3v) is 9.82. The van der Waals surface area contributed by atoms with Crippen molar-refractivity contribution in [2.24, 2.45) is 7.05 Å². The van der Waals surface area contributed by atoms with Crippen LogP contribution in [-0.2, 0) is 32.2 Å². The van der Waals surface area contributed by atoms with Crippen molar-refractivity contribution in [2.45, 2.75) is 27.7 Å². The van der Waals surface area contributed by atoms with Crippen molar-refractivity contribution in [1.82, 2.24) is 25.0 Å². The second-order valence-corrected chi connectivity index (χ2v) is 11.7. The van der Waals surface area contributed by atoms with E-state index in [9.17, 15) is 23.7 Å². The number of thiophene rings is 1. The maximum Gasteiger partial charge on any atom is 0.352 e. The van der Waals surface area contributed by atoms with Gasteiger partial charge in [-0.15, -0.1) is 23.1 Å². The van der Waals surface area contributed by atoms with E-state index < -0.39 is 40.0 Å². The zero-order valence-corrected chi connectivity index (χ0v) is 20.3. The number of aryl methyl sites for hydroxylation is 2. The van der Waals surface area contributed by atoms with Crippen LogP contribution in [0.1, 0.15) is 5.82 Å². The normalized spacial score (nSPS) is 21.2. The van der Waals surface area contributed by atoms with E-state index >= 15 is 0 Å². The number of thioether (sulfide) groups is 2. The highest BCUT2D eigenvalue weighted by Crippen LogP contribution is 2.41. The molecule has 4 heterocycles. The summed E-state index contributed by atoms with van der Waals surface area (Å²) in [6, 6.07) is 2.61. The number of amides is 2. The molecule has 2 aromatic rings. The Hall–Kier alpha value is -2.16. The quantitative estimate of drug-likeness (QED) is 0.389. The minimum absolute atomic E-state index is 0.0437. The molecule has 32 heavy (non-hydrogen) atoms. The fourth-order valence-corrected chi connectivity index (χ4v) is 7.72. The van der Waals surface area contributed by atoms with E-state index in [4.69, 9.17) is 0 Å². The van der Waals surface area contributed by atoms with Gasteiger partial charge in [-0.1, -0.05) is 17.8 Å². The minimum Gasteiger partial charge on any atom is -0.477 e. The van der Waals surface area contributed by atoms with Gasteiger partial charge in [-0.05, 0) is 23.9 Å². The Kier molecular flexibility index (Phi) is 6.74. The Morgan fingerprint density at radius 1 is 1.44 bits per heavy atom. The molecule has 3 unspecified atom stereocenters. The van der Waals surface area contributed by atoms with Crippen LogP contribution >= 0.6 is 34.9 Å². The average molecular weight is 514 g/mol. The summed E-state index contributed by atoms with van der Waals surface area (Å²) in [6.07, 6.45) is 0. The van der Waals surface area contributed by atoms with Crippen LogP contribution in [-0.4, -0.2) is 75.4 Å². The molecule has 2 amide bonds. The molecule has 10 nitrogen and oxygen atoms in total. The van der Waals surface area contributed by atoms with Crippen LogP contribution in [0, 0.1) is 6.92 Å². The molecule has 4 rings (SSSR count). The Bertz CT molecular complexity index is 1130. The van der Waals surface area contributed by atoms with Crippen molar-refractivity contribution in [3.63, 3.8) is 0 Å². The molecule has 2 aliphatic heterocycles. The summed E-state index contributed by atoms with van der Waals surface area (Å²) < 4.78 is 14.4. The lowest BCUT2D eigenvalue weighted by atomic mass is 10.0. The van der Waals surface area contributed by atoms with Crippen molar-refractivity contribution in [3.05, 3.63) is 34.6 Å². The van der Waals surface area contributed by atoms with Crippen LogP contribution < -0.4 is 5.32 Å². The Morgan fingerprint density at radius 3 is 2.84 bits per heavy atom. The van der Waals surface area contributed by atoms with Gasteiger partial charge in [-0.25, -0.2) is 14.5 Å². The van der Waals surface area contributed by atoms with Gasteiger partial charge < -0.3 is 10.4 Å². The van der Waals surface area contributed by atoms with Gasteiger partial charge >= 0.3 is 5.97 Å². The molecular weight excluding hydrogens is 494 g/mol. The molecular formula is C18H19N5O5S4. The summed E-state index contributed by atoms with van der Waals surface area (Å²) in [5.41, 5.74) is 0.569. The largest absolute Gasteiger partial charge is 0.477 e. The molecule has 0 radical (unpaired) electrons. The zero-order valence-electron chi connectivity index (χ0n) is 17.0. The van der Waals surface area contributed by atoms with Gasteiger partial charge in [-0.3, -0.25) is 18.7 Å². The second-order valence-electron chi connectivity index (χ2n) is 6.99. The lowest BCUT2D eigenvalue weighted by Gasteiger charge is -2.49. The highest BCUT2D eigenvalue weighted by atomic mass is 32.2. The molecule has 14 heteroatoms. The van der Waals surface area contributed by atoms with Crippen LogP contribution in [0.25, 0.3) is 0 Å². The number of nitrogens with one attached hydrogen (secondary N) is 1. The van der Waals surface area contributed by atoms with Gasteiger partial charge in [-0.2, -0.15) is 5.10 Å². The van der Waals surface area contributed by atoms with Crippen LogP contribution in [0.2, 0.25) is 0 Å². The number of carboxylic acids is 1. The monoisotopic (exact) mass is 513 g/mol. The predicted molar refractivity (Wildman–Crippen MR) is 122 cm³/mol. The zero-order chi connectivity index (χ0) is 23.0. The Balaban J connectivity index is 1.42. The summed E-state index contributed by atoms with van der Waals surface area (Å²) in [5, 5.41) is 18.5. The van der Waals surface area contributed by atoms with Gasteiger partial charge in [0.2, 0.25) is 5.91 Å². The third-order valence-electron chi connectivity index (χ3n) is 4.75. The van der Waals surface area contributed by atoms with Gasteiger partial charge in [0.25, 0.3) is 5.91 Å². The molecule has 1 saturated heterocycles.